The predicted molar refractivity (Wildman–Crippen MR) is 31.2 cm³/mol. The molecule has 0 aromatic rings. The molecule has 0 aromatic carbocycles. The topological polar surface area (TPSA) is 17.1 Å². The summed E-state index contributed by atoms with van der Waals surface area (Å²) in [7, 11) is 0. The smallest absolute Gasteiger partial charge is 0.205 e. The Bertz CT molecular complexity index is 128. The highest BCUT2D eigenvalue weighted by Crippen LogP contribution is 2.37. The van der Waals surface area contributed by atoms with Gasteiger partial charge in [-0.05, 0) is 22.4 Å². The number of hydrogen-bond donors (Lipinski definition) is 0. The van der Waals surface area contributed by atoms with Crippen LogP contribution >= 0.6 is 15.9 Å². The lowest BCUT2D eigenvalue weighted by atomic mass is 10.5. The second kappa shape index (κ2) is 1.44. The molecule has 0 aromatic heterocycles. The summed E-state index contributed by atoms with van der Waals surface area (Å²) in [6, 6.07) is 0. The minimum Gasteiger partial charge on any atom is -0.286 e. The maximum Gasteiger partial charge on any atom is 0.205 e. The number of allylic oxidation sites excluding steroid dienone is 1. The van der Waals surface area contributed by atoms with E-state index < -0.39 is 0 Å². The van der Waals surface area contributed by atoms with Crippen molar-refractivity contribution in [3.8, 4) is 0 Å². The summed E-state index contributed by atoms with van der Waals surface area (Å²) in [5, 5.41) is 0. The third-order valence-electron chi connectivity index (χ3n) is 1.07. The molecule has 0 aliphatic heterocycles. The zero-order valence-corrected chi connectivity index (χ0v) is 5.36. The van der Waals surface area contributed by atoms with Crippen molar-refractivity contribution in [3.05, 3.63) is 12.2 Å². The molecule has 7 heavy (non-hydrogen) atoms. The van der Waals surface area contributed by atoms with Crippen LogP contribution in [0.4, 0.5) is 0 Å². The van der Waals surface area contributed by atoms with E-state index in [1.807, 2.05) is 0 Å². The Morgan fingerprint density at radius 2 is 2.43 bits per heavy atom. The highest BCUT2D eigenvalue weighted by atomic mass is 79.9. The van der Waals surface area contributed by atoms with Gasteiger partial charge in [0.1, 0.15) is 0 Å². The van der Waals surface area contributed by atoms with E-state index in [0.717, 1.165) is 12.0 Å². The molecule has 1 aliphatic rings. The molecule has 1 aliphatic carbocycles. The number of rotatable bonds is 1. The maximum atomic E-state index is 10.3. The summed E-state index contributed by atoms with van der Waals surface area (Å²) in [6.07, 6.45) is 0.893. The van der Waals surface area contributed by atoms with Crippen LogP contribution in [0.25, 0.3) is 0 Å². The number of carbonyl (C=O) groups excluding carboxylic acids is 1. The SMILES string of the molecule is C=C1CC1C(=O)Br. The van der Waals surface area contributed by atoms with Gasteiger partial charge < -0.3 is 0 Å². The lowest BCUT2D eigenvalue weighted by Crippen LogP contribution is -1.83. The average molecular weight is 161 g/mol. The van der Waals surface area contributed by atoms with Gasteiger partial charge in [-0.2, -0.15) is 0 Å². The second-order valence-corrected chi connectivity index (χ2v) is 2.50. The fourth-order valence-corrected chi connectivity index (χ4v) is 0.930. The van der Waals surface area contributed by atoms with Crippen LogP contribution in [-0.4, -0.2) is 4.69 Å². The predicted octanol–water partition coefficient (Wildman–Crippen LogP) is 1.48. The van der Waals surface area contributed by atoms with Crippen molar-refractivity contribution in [2.75, 3.05) is 0 Å². The molecule has 1 saturated carbocycles. The first-order valence-corrected chi connectivity index (χ1v) is 2.88. The van der Waals surface area contributed by atoms with Gasteiger partial charge in [-0.1, -0.05) is 12.2 Å². The fraction of sp³-hybridized carbons (Fsp3) is 0.400. The van der Waals surface area contributed by atoms with Crippen LogP contribution in [0.1, 0.15) is 6.42 Å². The lowest BCUT2D eigenvalue weighted by molar-refractivity contribution is -0.111. The fourth-order valence-electron chi connectivity index (χ4n) is 0.444. The molecule has 1 atom stereocenters. The van der Waals surface area contributed by atoms with Gasteiger partial charge in [-0.3, -0.25) is 4.79 Å². The summed E-state index contributed by atoms with van der Waals surface area (Å²) in [4.78, 5) is 10.3. The van der Waals surface area contributed by atoms with Gasteiger partial charge in [0, 0.05) is 0 Å². The largest absolute Gasteiger partial charge is 0.286 e. The highest BCUT2D eigenvalue weighted by molar-refractivity contribution is 9.18. The second-order valence-electron chi connectivity index (χ2n) is 1.72. The molecule has 1 unspecified atom stereocenters. The minimum atomic E-state index is 0.0810. The Kier molecular flexibility index (Phi) is 1.04. The van der Waals surface area contributed by atoms with Crippen molar-refractivity contribution >= 4 is 20.6 Å². The Balaban J connectivity index is 2.48. The first-order chi connectivity index (χ1) is 3.22. The van der Waals surface area contributed by atoms with Crippen molar-refractivity contribution in [2.24, 2.45) is 5.92 Å². The molecule has 0 N–H and O–H groups in total. The van der Waals surface area contributed by atoms with Crippen molar-refractivity contribution in [1.82, 2.24) is 0 Å². The average Bonchev–Trinajstić information content (AvgIpc) is 2.17. The van der Waals surface area contributed by atoms with Gasteiger partial charge >= 0.3 is 0 Å². The van der Waals surface area contributed by atoms with E-state index in [-0.39, 0.29) is 10.6 Å². The first kappa shape index (κ1) is 5.04. The normalized spacial score (nSPS) is 27.6. The van der Waals surface area contributed by atoms with Crippen molar-refractivity contribution in [3.63, 3.8) is 0 Å². The summed E-state index contributed by atoms with van der Waals surface area (Å²) in [6.45, 7) is 3.62. The van der Waals surface area contributed by atoms with Gasteiger partial charge in [-0.25, -0.2) is 0 Å². The number of hydrogen-bond acceptors (Lipinski definition) is 1. The Labute approximate surface area is 50.5 Å². The number of carbonyl (C=O) groups is 1. The molecule has 38 valence electrons. The van der Waals surface area contributed by atoms with Crippen LogP contribution in [-0.2, 0) is 4.79 Å². The quantitative estimate of drug-likeness (QED) is 0.420. The molecule has 0 bridgehead atoms. The minimum absolute atomic E-state index is 0.0810. The molecule has 1 rings (SSSR count). The highest BCUT2D eigenvalue weighted by Gasteiger charge is 2.32. The molecule has 0 radical (unpaired) electrons. The monoisotopic (exact) mass is 160 g/mol. The summed E-state index contributed by atoms with van der Waals surface area (Å²) in [5.74, 6) is 0.153. The maximum absolute atomic E-state index is 10.3. The Hall–Kier alpha value is -0.110. The van der Waals surface area contributed by atoms with E-state index in [1.165, 1.54) is 0 Å². The summed E-state index contributed by atoms with van der Waals surface area (Å²) >= 11 is 2.84. The molecule has 2 heteroatoms. The van der Waals surface area contributed by atoms with Crippen LogP contribution in [0.15, 0.2) is 12.2 Å². The first-order valence-electron chi connectivity index (χ1n) is 2.09. The zero-order chi connectivity index (χ0) is 5.44. The molecule has 0 amide bonds. The third-order valence-corrected chi connectivity index (χ3v) is 1.63. The van der Waals surface area contributed by atoms with E-state index in [2.05, 4.69) is 22.5 Å². The molecular formula is C5H5BrO. The van der Waals surface area contributed by atoms with Crippen LogP contribution < -0.4 is 0 Å². The van der Waals surface area contributed by atoms with E-state index in [1.54, 1.807) is 0 Å². The van der Waals surface area contributed by atoms with Crippen molar-refractivity contribution in [1.29, 1.82) is 0 Å². The van der Waals surface area contributed by atoms with Crippen LogP contribution in [0.3, 0.4) is 0 Å². The van der Waals surface area contributed by atoms with Gasteiger partial charge in [0.05, 0.1) is 5.92 Å². The van der Waals surface area contributed by atoms with E-state index in [4.69, 9.17) is 0 Å². The van der Waals surface area contributed by atoms with Crippen molar-refractivity contribution in [2.45, 2.75) is 6.42 Å². The van der Waals surface area contributed by atoms with Gasteiger partial charge in [0.2, 0.25) is 4.69 Å². The van der Waals surface area contributed by atoms with Crippen molar-refractivity contribution < 1.29 is 4.79 Å². The molecule has 1 fully saturated rings. The molecular weight excluding hydrogens is 156 g/mol. The zero-order valence-electron chi connectivity index (χ0n) is 3.78. The molecule has 0 spiro atoms. The van der Waals surface area contributed by atoms with E-state index in [9.17, 15) is 4.79 Å². The van der Waals surface area contributed by atoms with E-state index in [0.29, 0.717) is 0 Å². The van der Waals surface area contributed by atoms with Gasteiger partial charge in [0.25, 0.3) is 0 Å². The van der Waals surface area contributed by atoms with Gasteiger partial charge in [-0.15, -0.1) is 0 Å². The Morgan fingerprint density at radius 1 is 2.00 bits per heavy atom. The number of halogens is 1. The van der Waals surface area contributed by atoms with Crippen LogP contribution in [0, 0.1) is 5.92 Å². The van der Waals surface area contributed by atoms with Crippen LogP contribution in [0.5, 0.6) is 0 Å². The summed E-state index contributed by atoms with van der Waals surface area (Å²) < 4.78 is 0.0810. The van der Waals surface area contributed by atoms with Crippen LogP contribution in [0.2, 0.25) is 0 Å². The molecule has 0 saturated heterocycles. The lowest BCUT2D eigenvalue weighted by Gasteiger charge is -1.73. The standard InChI is InChI=1S/C5H5BrO/c1-3-2-4(3)5(6)7/h4H,1-2H2. The molecule has 0 heterocycles. The third kappa shape index (κ3) is 0.911. The van der Waals surface area contributed by atoms with Gasteiger partial charge in [0.15, 0.2) is 0 Å². The summed E-state index contributed by atoms with van der Waals surface area (Å²) in [5.41, 5.74) is 1.06. The Morgan fingerprint density at radius 3 is 2.43 bits per heavy atom. The molecule has 1 nitrogen and oxygen atoms in total. The van der Waals surface area contributed by atoms with E-state index >= 15 is 0 Å².